The number of nitrogens with zero attached hydrogens (tertiary/aromatic N) is 2. The third kappa shape index (κ3) is 4.86. The van der Waals surface area contributed by atoms with Gasteiger partial charge in [-0.1, -0.05) is 24.3 Å². The highest BCUT2D eigenvalue weighted by Gasteiger charge is 2.16. The second-order valence-corrected chi connectivity index (χ2v) is 5.30. The van der Waals surface area contributed by atoms with Gasteiger partial charge in [-0.3, -0.25) is 4.79 Å². The molecule has 22 heavy (non-hydrogen) atoms. The van der Waals surface area contributed by atoms with Gasteiger partial charge in [-0.05, 0) is 30.3 Å². The van der Waals surface area contributed by atoms with Gasteiger partial charge in [-0.2, -0.15) is 0 Å². The number of hydrogen-bond donors (Lipinski definition) is 1. The van der Waals surface area contributed by atoms with Gasteiger partial charge < -0.3 is 14.9 Å². The molecule has 0 bridgehead atoms. The first-order chi connectivity index (χ1) is 10.5. The third-order valence-corrected chi connectivity index (χ3v) is 3.59. The van der Waals surface area contributed by atoms with Gasteiger partial charge in [0.25, 0.3) is 0 Å². The Morgan fingerprint density at radius 3 is 1.95 bits per heavy atom. The van der Waals surface area contributed by atoms with Crippen molar-refractivity contribution in [1.29, 1.82) is 0 Å². The van der Waals surface area contributed by atoms with E-state index in [1.54, 1.807) is 12.2 Å². The van der Waals surface area contributed by atoms with Crippen LogP contribution in [0.4, 0.5) is 0 Å². The van der Waals surface area contributed by atoms with Crippen molar-refractivity contribution in [2.45, 2.75) is 0 Å². The second kappa shape index (κ2) is 7.56. The highest BCUT2D eigenvalue weighted by Crippen LogP contribution is 2.09. The molecule has 5 heteroatoms. The quantitative estimate of drug-likeness (QED) is 0.858. The lowest BCUT2D eigenvalue weighted by atomic mass is 10.1. The zero-order valence-electron chi connectivity index (χ0n) is 12.6. The van der Waals surface area contributed by atoms with E-state index in [1.165, 1.54) is 6.08 Å². The van der Waals surface area contributed by atoms with Crippen LogP contribution in [0.15, 0.2) is 36.4 Å². The van der Waals surface area contributed by atoms with Gasteiger partial charge in [-0.15, -0.1) is 0 Å². The van der Waals surface area contributed by atoms with E-state index >= 15 is 0 Å². The van der Waals surface area contributed by atoms with Gasteiger partial charge >= 0.3 is 5.97 Å². The van der Waals surface area contributed by atoms with E-state index in [1.807, 2.05) is 29.2 Å². The van der Waals surface area contributed by atoms with Gasteiger partial charge in [-0.25, -0.2) is 4.79 Å². The van der Waals surface area contributed by atoms with Crippen LogP contribution in [0, 0.1) is 0 Å². The first-order valence-corrected chi connectivity index (χ1v) is 7.21. The Hall–Kier alpha value is -2.40. The molecule has 1 N–H and O–H groups in total. The molecular formula is C17H20N2O3. The Kier molecular flexibility index (Phi) is 5.49. The molecule has 1 heterocycles. The van der Waals surface area contributed by atoms with Crippen molar-refractivity contribution in [2.75, 3.05) is 33.2 Å². The molecule has 1 aliphatic rings. The number of benzene rings is 1. The van der Waals surface area contributed by atoms with Crippen LogP contribution >= 0.6 is 0 Å². The number of carboxylic acids is 1. The highest BCUT2D eigenvalue weighted by atomic mass is 16.4. The highest BCUT2D eigenvalue weighted by molar-refractivity contribution is 5.92. The van der Waals surface area contributed by atoms with E-state index in [2.05, 4.69) is 11.9 Å². The molecule has 0 aliphatic carbocycles. The summed E-state index contributed by atoms with van der Waals surface area (Å²) in [7, 11) is 2.05. The van der Waals surface area contributed by atoms with Crippen molar-refractivity contribution in [3.8, 4) is 0 Å². The Labute approximate surface area is 130 Å². The molecular weight excluding hydrogens is 280 g/mol. The van der Waals surface area contributed by atoms with Crippen LogP contribution in [0.2, 0.25) is 0 Å². The van der Waals surface area contributed by atoms with Crippen LogP contribution in [0.25, 0.3) is 12.2 Å². The molecule has 0 spiro atoms. The zero-order chi connectivity index (χ0) is 15.9. The first kappa shape index (κ1) is 16.0. The molecule has 0 unspecified atom stereocenters. The topological polar surface area (TPSA) is 60.9 Å². The van der Waals surface area contributed by atoms with Crippen LogP contribution in [-0.4, -0.2) is 60.0 Å². The predicted octanol–water partition coefficient (Wildman–Crippen LogP) is 1.57. The van der Waals surface area contributed by atoms with Gasteiger partial charge in [0, 0.05) is 38.3 Å². The molecule has 0 aromatic heterocycles. The fraction of sp³-hybridized carbons (Fsp3) is 0.294. The fourth-order valence-electron chi connectivity index (χ4n) is 2.19. The Morgan fingerprint density at radius 2 is 1.45 bits per heavy atom. The minimum absolute atomic E-state index is 0.0305. The monoisotopic (exact) mass is 300 g/mol. The molecule has 0 radical (unpaired) electrons. The van der Waals surface area contributed by atoms with E-state index in [0.717, 1.165) is 43.4 Å². The third-order valence-electron chi connectivity index (χ3n) is 3.59. The van der Waals surface area contributed by atoms with Crippen molar-refractivity contribution in [3.63, 3.8) is 0 Å². The summed E-state index contributed by atoms with van der Waals surface area (Å²) in [5.74, 6) is -0.940. The van der Waals surface area contributed by atoms with E-state index < -0.39 is 5.97 Å². The number of carbonyl (C=O) groups excluding carboxylic acids is 1. The Balaban J connectivity index is 1.92. The summed E-state index contributed by atoms with van der Waals surface area (Å²) in [6.07, 6.45) is 6.01. The largest absolute Gasteiger partial charge is 0.478 e. The minimum atomic E-state index is -0.971. The van der Waals surface area contributed by atoms with Gasteiger partial charge in [0.1, 0.15) is 0 Å². The number of hydrogen-bond acceptors (Lipinski definition) is 3. The van der Waals surface area contributed by atoms with Crippen LogP contribution in [0.3, 0.4) is 0 Å². The minimum Gasteiger partial charge on any atom is -0.478 e. The number of aliphatic carboxylic acids is 1. The number of amides is 1. The maximum Gasteiger partial charge on any atom is 0.328 e. The van der Waals surface area contributed by atoms with Crippen molar-refractivity contribution in [1.82, 2.24) is 9.80 Å². The van der Waals surface area contributed by atoms with Crippen LogP contribution < -0.4 is 0 Å². The molecule has 1 amide bonds. The number of carboxylic acid groups (broad SMARTS) is 1. The van der Waals surface area contributed by atoms with Gasteiger partial charge in [0.2, 0.25) is 5.91 Å². The van der Waals surface area contributed by atoms with Crippen LogP contribution in [0.5, 0.6) is 0 Å². The van der Waals surface area contributed by atoms with E-state index in [0.29, 0.717) is 0 Å². The molecule has 116 valence electrons. The number of carbonyl (C=O) groups is 2. The molecule has 1 aromatic rings. The number of piperazine rings is 1. The average molecular weight is 300 g/mol. The lowest BCUT2D eigenvalue weighted by Gasteiger charge is -2.31. The maximum absolute atomic E-state index is 12.1. The van der Waals surface area contributed by atoms with Gasteiger partial charge in [0.15, 0.2) is 0 Å². The van der Waals surface area contributed by atoms with E-state index in [9.17, 15) is 9.59 Å². The van der Waals surface area contributed by atoms with Crippen LogP contribution in [-0.2, 0) is 9.59 Å². The summed E-state index contributed by atoms with van der Waals surface area (Å²) < 4.78 is 0. The molecule has 1 aromatic carbocycles. The Morgan fingerprint density at radius 1 is 0.955 bits per heavy atom. The summed E-state index contributed by atoms with van der Waals surface area (Å²) in [5.41, 5.74) is 1.72. The summed E-state index contributed by atoms with van der Waals surface area (Å²) in [6.45, 7) is 3.34. The normalized spacial score (nSPS) is 16.5. The molecule has 0 saturated carbocycles. The summed E-state index contributed by atoms with van der Waals surface area (Å²) >= 11 is 0. The molecule has 1 fully saturated rings. The summed E-state index contributed by atoms with van der Waals surface area (Å²) in [5, 5.41) is 8.57. The van der Waals surface area contributed by atoms with Crippen molar-refractivity contribution in [3.05, 3.63) is 47.5 Å². The maximum atomic E-state index is 12.1. The Bertz CT molecular complexity index is 582. The molecule has 1 aliphatic heterocycles. The van der Waals surface area contributed by atoms with E-state index in [-0.39, 0.29) is 5.91 Å². The smallest absolute Gasteiger partial charge is 0.328 e. The second-order valence-electron chi connectivity index (χ2n) is 5.30. The molecule has 1 saturated heterocycles. The lowest BCUT2D eigenvalue weighted by Crippen LogP contribution is -2.46. The number of likely N-dealkylation sites (N-methyl/N-ethyl adjacent to an activating group) is 1. The van der Waals surface area contributed by atoms with Gasteiger partial charge in [0.05, 0.1) is 0 Å². The molecule has 2 rings (SSSR count). The summed E-state index contributed by atoms with van der Waals surface area (Å²) in [6, 6.07) is 7.35. The van der Waals surface area contributed by atoms with E-state index in [4.69, 9.17) is 5.11 Å². The number of rotatable bonds is 4. The zero-order valence-corrected chi connectivity index (χ0v) is 12.6. The van der Waals surface area contributed by atoms with Crippen LogP contribution in [0.1, 0.15) is 11.1 Å². The fourth-order valence-corrected chi connectivity index (χ4v) is 2.19. The predicted molar refractivity (Wildman–Crippen MR) is 86.2 cm³/mol. The molecule has 0 atom stereocenters. The van der Waals surface area contributed by atoms with Crippen molar-refractivity contribution >= 4 is 24.0 Å². The standard InChI is InChI=1S/C17H20N2O3/c1-18-10-12-19(13-11-18)16(20)8-6-14-2-4-15(5-3-14)7-9-17(21)22/h2-9H,10-13H2,1H3,(H,21,22). The lowest BCUT2D eigenvalue weighted by molar-refractivity contribution is -0.131. The molecule has 5 nitrogen and oxygen atoms in total. The van der Waals surface area contributed by atoms with Crippen molar-refractivity contribution < 1.29 is 14.7 Å². The van der Waals surface area contributed by atoms with Crippen molar-refractivity contribution in [2.24, 2.45) is 0 Å². The first-order valence-electron chi connectivity index (χ1n) is 7.21. The SMILES string of the molecule is CN1CCN(C(=O)C=Cc2ccc(C=CC(=O)O)cc2)CC1. The summed E-state index contributed by atoms with van der Waals surface area (Å²) in [4.78, 5) is 26.6. The average Bonchev–Trinajstić information content (AvgIpc) is 2.52.